The first kappa shape index (κ1) is 13.9. The van der Waals surface area contributed by atoms with E-state index in [1.807, 2.05) is 0 Å². The molecule has 0 fully saturated rings. The van der Waals surface area contributed by atoms with Crippen molar-refractivity contribution in [3.63, 3.8) is 0 Å². The van der Waals surface area contributed by atoms with E-state index in [1.165, 1.54) is 20.3 Å². The summed E-state index contributed by atoms with van der Waals surface area (Å²) in [4.78, 5) is 21.8. The van der Waals surface area contributed by atoms with Crippen LogP contribution in [0.2, 0.25) is 0 Å². The zero-order valence-corrected chi connectivity index (χ0v) is 11.1. The Bertz CT molecular complexity index is 582. The zero-order chi connectivity index (χ0) is 14.7. The van der Waals surface area contributed by atoms with Crippen LogP contribution in [0.4, 0.5) is 5.69 Å². The number of nitrogens with zero attached hydrogens (tertiary/aromatic N) is 1. The lowest BCUT2D eigenvalue weighted by molar-refractivity contribution is -0.385. The quantitative estimate of drug-likeness (QED) is 0.507. The second kappa shape index (κ2) is 5.60. The van der Waals surface area contributed by atoms with Gasteiger partial charge in [-0.1, -0.05) is 0 Å². The van der Waals surface area contributed by atoms with Gasteiger partial charge in [-0.3, -0.25) is 14.9 Å². The number of carbonyl (C=O) groups is 1. The largest absolute Gasteiger partial charge is 0.490 e. The number of rotatable bonds is 4. The molecule has 0 bridgehead atoms. The number of ether oxygens (including phenoxy) is 2. The van der Waals surface area contributed by atoms with Crippen molar-refractivity contribution in [2.45, 2.75) is 0 Å². The molecule has 1 aromatic rings. The summed E-state index contributed by atoms with van der Waals surface area (Å²) in [5.74, 6) is -0.491. The molecule has 0 aromatic heterocycles. The lowest BCUT2D eigenvalue weighted by atomic mass is 10.1. The standard InChI is InChI=1S/C13H14N2O5/c1-19-12-6-8(3-4-11(12)15(17)18)10-5-9(7-14-10)13(16)20-2/h3-6,9,14H,7H2,1-2H3. The van der Waals surface area contributed by atoms with Crippen LogP contribution in [0.1, 0.15) is 5.56 Å². The van der Waals surface area contributed by atoms with E-state index in [2.05, 4.69) is 10.1 Å². The molecular formula is C13H14N2O5. The minimum Gasteiger partial charge on any atom is -0.490 e. The van der Waals surface area contributed by atoms with Crippen molar-refractivity contribution in [3.05, 3.63) is 40.0 Å². The van der Waals surface area contributed by atoms with Crippen molar-refractivity contribution >= 4 is 17.4 Å². The fourth-order valence-electron chi connectivity index (χ4n) is 2.04. The molecule has 0 aliphatic carbocycles. The number of methoxy groups -OCH3 is 2. The molecule has 1 unspecified atom stereocenters. The van der Waals surface area contributed by atoms with Gasteiger partial charge in [-0.2, -0.15) is 0 Å². The molecule has 1 aromatic carbocycles. The number of benzene rings is 1. The van der Waals surface area contributed by atoms with E-state index in [4.69, 9.17) is 4.74 Å². The summed E-state index contributed by atoms with van der Waals surface area (Å²) in [7, 11) is 2.71. The average Bonchev–Trinajstić information content (AvgIpc) is 2.95. The van der Waals surface area contributed by atoms with Gasteiger partial charge in [0, 0.05) is 23.9 Å². The van der Waals surface area contributed by atoms with E-state index >= 15 is 0 Å². The lowest BCUT2D eigenvalue weighted by Gasteiger charge is -2.07. The molecule has 1 atom stereocenters. The van der Waals surface area contributed by atoms with E-state index in [0.29, 0.717) is 6.54 Å². The molecule has 0 saturated heterocycles. The highest BCUT2D eigenvalue weighted by molar-refractivity contribution is 5.81. The van der Waals surface area contributed by atoms with Crippen molar-refractivity contribution in [3.8, 4) is 5.75 Å². The molecular weight excluding hydrogens is 264 g/mol. The third-order valence-electron chi connectivity index (χ3n) is 3.07. The van der Waals surface area contributed by atoms with Gasteiger partial charge in [-0.25, -0.2) is 0 Å². The van der Waals surface area contributed by atoms with Crippen LogP contribution in [-0.2, 0) is 9.53 Å². The first-order valence-corrected chi connectivity index (χ1v) is 5.93. The molecule has 0 saturated carbocycles. The number of nitro groups is 1. The van der Waals surface area contributed by atoms with Crippen LogP contribution >= 0.6 is 0 Å². The first-order valence-electron chi connectivity index (χ1n) is 5.93. The van der Waals surface area contributed by atoms with Crippen LogP contribution in [0.5, 0.6) is 5.75 Å². The van der Waals surface area contributed by atoms with Gasteiger partial charge >= 0.3 is 11.7 Å². The van der Waals surface area contributed by atoms with Crippen molar-refractivity contribution in [1.29, 1.82) is 0 Å². The van der Waals surface area contributed by atoms with E-state index in [9.17, 15) is 14.9 Å². The van der Waals surface area contributed by atoms with E-state index in [1.54, 1.807) is 18.2 Å². The van der Waals surface area contributed by atoms with Crippen molar-refractivity contribution in [2.24, 2.45) is 5.92 Å². The lowest BCUT2D eigenvalue weighted by Crippen LogP contribution is -2.20. The second-order valence-corrected chi connectivity index (χ2v) is 4.23. The van der Waals surface area contributed by atoms with Crippen molar-refractivity contribution < 1.29 is 19.2 Å². The fourth-order valence-corrected chi connectivity index (χ4v) is 2.04. The molecule has 1 heterocycles. The molecule has 0 radical (unpaired) electrons. The predicted octanol–water partition coefficient (Wildman–Crippen LogP) is 1.34. The van der Waals surface area contributed by atoms with Gasteiger partial charge in [0.05, 0.1) is 25.1 Å². The third-order valence-corrected chi connectivity index (χ3v) is 3.07. The Morgan fingerprint density at radius 3 is 2.80 bits per heavy atom. The molecule has 1 aliphatic rings. The summed E-state index contributed by atoms with van der Waals surface area (Å²) in [6, 6.07) is 4.55. The van der Waals surface area contributed by atoms with Gasteiger partial charge in [0.15, 0.2) is 5.75 Å². The maximum atomic E-state index is 11.4. The number of hydrogen-bond donors (Lipinski definition) is 1. The van der Waals surface area contributed by atoms with Gasteiger partial charge in [0.25, 0.3) is 0 Å². The van der Waals surface area contributed by atoms with E-state index in [0.717, 1.165) is 11.3 Å². The van der Waals surface area contributed by atoms with E-state index in [-0.39, 0.29) is 23.3 Å². The SMILES string of the molecule is COC(=O)C1C=C(c2ccc([N+](=O)[O-])c(OC)c2)NC1. The van der Waals surface area contributed by atoms with Gasteiger partial charge in [-0.15, -0.1) is 0 Å². The Hall–Kier alpha value is -2.57. The molecule has 0 spiro atoms. The van der Waals surface area contributed by atoms with Gasteiger partial charge in [0.2, 0.25) is 0 Å². The first-order chi connectivity index (χ1) is 9.56. The maximum Gasteiger partial charge on any atom is 0.314 e. The number of carbonyl (C=O) groups excluding carboxylic acids is 1. The highest BCUT2D eigenvalue weighted by atomic mass is 16.6. The summed E-state index contributed by atoms with van der Waals surface area (Å²) >= 11 is 0. The number of esters is 1. The Morgan fingerprint density at radius 2 is 2.20 bits per heavy atom. The second-order valence-electron chi connectivity index (χ2n) is 4.23. The van der Waals surface area contributed by atoms with Crippen LogP contribution in [0.15, 0.2) is 24.3 Å². The minimum absolute atomic E-state index is 0.0978. The fraction of sp³-hybridized carbons (Fsp3) is 0.308. The van der Waals surface area contributed by atoms with Crippen LogP contribution in [-0.4, -0.2) is 31.7 Å². The monoisotopic (exact) mass is 278 g/mol. The molecule has 20 heavy (non-hydrogen) atoms. The number of nitrogens with one attached hydrogen (secondary N) is 1. The summed E-state index contributed by atoms with van der Waals surface area (Å²) in [6.07, 6.45) is 1.74. The predicted molar refractivity (Wildman–Crippen MR) is 71.1 cm³/mol. The third kappa shape index (κ3) is 2.56. The molecule has 1 aliphatic heterocycles. The van der Waals surface area contributed by atoms with Crippen LogP contribution in [0.25, 0.3) is 5.70 Å². The summed E-state index contributed by atoms with van der Waals surface area (Å²) in [5.41, 5.74) is 1.35. The highest BCUT2D eigenvalue weighted by Gasteiger charge is 2.24. The molecule has 1 N–H and O–H groups in total. The topological polar surface area (TPSA) is 90.7 Å². The molecule has 106 valence electrons. The Morgan fingerprint density at radius 1 is 1.45 bits per heavy atom. The normalized spacial score (nSPS) is 17.1. The maximum absolute atomic E-state index is 11.4. The van der Waals surface area contributed by atoms with Crippen molar-refractivity contribution in [2.75, 3.05) is 20.8 Å². The van der Waals surface area contributed by atoms with Crippen LogP contribution in [0, 0.1) is 16.0 Å². The highest BCUT2D eigenvalue weighted by Crippen LogP contribution is 2.31. The minimum atomic E-state index is -0.504. The molecule has 0 amide bonds. The Labute approximate surface area is 115 Å². The smallest absolute Gasteiger partial charge is 0.314 e. The number of nitro benzene ring substituents is 1. The van der Waals surface area contributed by atoms with Gasteiger partial charge in [0.1, 0.15) is 0 Å². The van der Waals surface area contributed by atoms with Crippen LogP contribution in [0.3, 0.4) is 0 Å². The zero-order valence-electron chi connectivity index (χ0n) is 11.1. The molecule has 7 heteroatoms. The Kier molecular flexibility index (Phi) is 3.88. The average molecular weight is 278 g/mol. The van der Waals surface area contributed by atoms with Crippen LogP contribution < -0.4 is 10.1 Å². The summed E-state index contributed by atoms with van der Waals surface area (Å²) in [6.45, 7) is 0.446. The van der Waals surface area contributed by atoms with Gasteiger partial charge in [-0.05, 0) is 18.2 Å². The molecule has 7 nitrogen and oxygen atoms in total. The number of hydrogen-bond acceptors (Lipinski definition) is 6. The summed E-state index contributed by atoms with van der Waals surface area (Å²) in [5, 5.41) is 13.9. The molecule has 2 rings (SSSR count). The summed E-state index contributed by atoms with van der Waals surface area (Å²) < 4.78 is 9.69. The van der Waals surface area contributed by atoms with Gasteiger partial charge < -0.3 is 14.8 Å². The van der Waals surface area contributed by atoms with Crippen molar-refractivity contribution in [1.82, 2.24) is 5.32 Å². The Balaban J connectivity index is 2.31. The van der Waals surface area contributed by atoms with E-state index < -0.39 is 4.92 Å².